The van der Waals surface area contributed by atoms with Crippen molar-refractivity contribution in [2.24, 2.45) is 17.1 Å². The van der Waals surface area contributed by atoms with Crippen molar-refractivity contribution >= 4 is 17.9 Å². The summed E-state index contributed by atoms with van der Waals surface area (Å²) in [5, 5.41) is 11.8. The Morgan fingerprint density at radius 3 is 2.50 bits per heavy atom. The molecule has 3 amide bonds. The highest BCUT2D eigenvalue weighted by molar-refractivity contribution is 5.84. The average molecular weight is 285 g/mol. The molecule has 1 aliphatic rings. The minimum Gasteiger partial charge on any atom is -0.480 e. The van der Waals surface area contributed by atoms with Crippen molar-refractivity contribution in [3.05, 3.63) is 0 Å². The summed E-state index contributed by atoms with van der Waals surface area (Å²) in [7, 11) is 0. The topological polar surface area (TPSA) is 113 Å². The van der Waals surface area contributed by atoms with Gasteiger partial charge in [-0.05, 0) is 32.6 Å². The Balaban J connectivity index is 2.66. The summed E-state index contributed by atoms with van der Waals surface area (Å²) < 4.78 is 0. The summed E-state index contributed by atoms with van der Waals surface area (Å²) in [4.78, 5) is 35.8. The fourth-order valence-electron chi connectivity index (χ4n) is 2.10. The fourth-order valence-corrected chi connectivity index (χ4v) is 2.10. The van der Waals surface area contributed by atoms with E-state index in [4.69, 9.17) is 5.73 Å². The molecule has 1 saturated heterocycles. The van der Waals surface area contributed by atoms with E-state index in [1.165, 1.54) is 4.90 Å². The average Bonchev–Trinajstić information content (AvgIpc) is 2.35. The van der Waals surface area contributed by atoms with Crippen LogP contribution in [0.1, 0.15) is 33.6 Å². The van der Waals surface area contributed by atoms with E-state index in [9.17, 15) is 19.5 Å². The number of amides is 3. The van der Waals surface area contributed by atoms with E-state index < -0.39 is 29.4 Å². The monoisotopic (exact) mass is 285 g/mol. The maximum atomic E-state index is 12.1. The Hall–Kier alpha value is -1.79. The van der Waals surface area contributed by atoms with Gasteiger partial charge in [-0.2, -0.15) is 0 Å². The maximum absolute atomic E-state index is 12.1. The molecule has 0 saturated carbocycles. The second-order valence-electron chi connectivity index (χ2n) is 6.08. The Bertz CT molecular complexity index is 408. The van der Waals surface area contributed by atoms with Gasteiger partial charge >= 0.3 is 12.0 Å². The van der Waals surface area contributed by atoms with E-state index in [0.717, 1.165) is 6.42 Å². The second-order valence-corrected chi connectivity index (χ2v) is 6.08. The molecule has 0 aliphatic carbocycles. The zero-order valence-corrected chi connectivity index (χ0v) is 12.2. The number of aliphatic carboxylic acids is 1. The van der Waals surface area contributed by atoms with Crippen LogP contribution in [0.4, 0.5) is 4.79 Å². The molecule has 2 atom stereocenters. The zero-order valence-electron chi connectivity index (χ0n) is 12.2. The molecule has 0 aromatic heterocycles. The van der Waals surface area contributed by atoms with Crippen molar-refractivity contribution in [3.8, 4) is 0 Å². The van der Waals surface area contributed by atoms with E-state index >= 15 is 0 Å². The van der Waals surface area contributed by atoms with Crippen LogP contribution in [0.2, 0.25) is 0 Å². The predicted octanol–water partition coefficient (Wildman–Crippen LogP) is 0.393. The largest absolute Gasteiger partial charge is 0.480 e. The molecule has 0 spiro atoms. The Morgan fingerprint density at radius 2 is 2.00 bits per heavy atom. The lowest BCUT2D eigenvalue weighted by Gasteiger charge is -2.36. The van der Waals surface area contributed by atoms with Gasteiger partial charge in [0.15, 0.2) is 0 Å². The molecule has 1 aliphatic heterocycles. The van der Waals surface area contributed by atoms with E-state index in [1.54, 1.807) is 13.8 Å². The van der Waals surface area contributed by atoms with Crippen LogP contribution in [0.3, 0.4) is 0 Å². The standard InChI is InChI=1S/C13H23N3O4/c1-8-4-5-16(9(6-8)10(17)18)12(20)15-7-13(2,3)11(14)19/h8-9H,4-7H2,1-3H3,(H2,14,19)(H,15,20)(H,17,18). The lowest BCUT2D eigenvalue weighted by Crippen LogP contribution is -2.55. The molecule has 114 valence electrons. The highest BCUT2D eigenvalue weighted by Gasteiger charge is 2.35. The molecule has 2 unspecified atom stereocenters. The molecule has 1 rings (SSSR count). The first-order valence-corrected chi connectivity index (χ1v) is 6.72. The highest BCUT2D eigenvalue weighted by Crippen LogP contribution is 2.23. The number of carboxylic acid groups (broad SMARTS) is 1. The minimum atomic E-state index is -0.999. The van der Waals surface area contributed by atoms with E-state index in [1.807, 2.05) is 6.92 Å². The fraction of sp³-hybridized carbons (Fsp3) is 0.769. The van der Waals surface area contributed by atoms with Gasteiger partial charge in [0.25, 0.3) is 0 Å². The number of likely N-dealkylation sites (tertiary alicyclic amines) is 1. The Morgan fingerprint density at radius 1 is 1.40 bits per heavy atom. The number of hydrogen-bond donors (Lipinski definition) is 3. The molecular weight excluding hydrogens is 262 g/mol. The SMILES string of the molecule is CC1CCN(C(=O)NCC(C)(C)C(N)=O)C(C(=O)O)C1. The number of carbonyl (C=O) groups excluding carboxylic acids is 2. The molecule has 1 heterocycles. The normalized spacial score (nSPS) is 23.2. The van der Waals surface area contributed by atoms with Crippen molar-refractivity contribution < 1.29 is 19.5 Å². The number of piperidine rings is 1. The number of carboxylic acids is 1. The lowest BCUT2D eigenvalue weighted by molar-refractivity contribution is -0.144. The number of nitrogens with zero attached hydrogens (tertiary/aromatic N) is 1. The van der Waals surface area contributed by atoms with Gasteiger partial charge in [0.2, 0.25) is 5.91 Å². The molecule has 4 N–H and O–H groups in total. The number of rotatable bonds is 4. The van der Waals surface area contributed by atoms with E-state index in [-0.39, 0.29) is 12.5 Å². The molecule has 7 heteroatoms. The number of hydrogen-bond acceptors (Lipinski definition) is 3. The number of urea groups is 1. The van der Waals surface area contributed by atoms with Crippen molar-refractivity contribution in [1.29, 1.82) is 0 Å². The summed E-state index contributed by atoms with van der Waals surface area (Å²) in [6.07, 6.45) is 1.22. The lowest BCUT2D eigenvalue weighted by atomic mass is 9.92. The third-order valence-corrected chi connectivity index (χ3v) is 3.76. The zero-order chi connectivity index (χ0) is 15.5. The van der Waals surface area contributed by atoms with Crippen molar-refractivity contribution in [2.75, 3.05) is 13.1 Å². The first-order valence-electron chi connectivity index (χ1n) is 6.72. The Labute approximate surface area is 118 Å². The van der Waals surface area contributed by atoms with Crippen LogP contribution in [0.25, 0.3) is 0 Å². The predicted molar refractivity (Wildman–Crippen MR) is 72.9 cm³/mol. The van der Waals surface area contributed by atoms with Gasteiger partial charge in [-0.25, -0.2) is 9.59 Å². The summed E-state index contributed by atoms with van der Waals surface area (Å²) >= 11 is 0. The molecule has 0 radical (unpaired) electrons. The third kappa shape index (κ3) is 3.85. The van der Waals surface area contributed by atoms with Crippen LogP contribution in [0.5, 0.6) is 0 Å². The van der Waals surface area contributed by atoms with Gasteiger partial charge in [-0.3, -0.25) is 4.79 Å². The van der Waals surface area contributed by atoms with Crippen molar-refractivity contribution in [1.82, 2.24) is 10.2 Å². The maximum Gasteiger partial charge on any atom is 0.326 e. The van der Waals surface area contributed by atoms with Crippen LogP contribution >= 0.6 is 0 Å². The van der Waals surface area contributed by atoms with Crippen LogP contribution < -0.4 is 11.1 Å². The van der Waals surface area contributed by atoms with Gasteiger partial charge in [0, 0.05) is 13.1 Å². The first kappa shape index (κ1) is 16.3. The van der Waals surface area contributed by atoms with Crippen molar-refractivity contribution in [3.63, 3.8) is 0 Å². The van der Waals surface area contributed by atoms with Crippen LogP contribution in [0.15, 0.2) is 0 Å². The molecule has 0 aromatic carbocycles. The number of primary amides is 1. The molecule has 0 aromatic rings. The highest BCUT2D eigenvalue weighted by atomic mass is 16.4. The quantitative estimate of drug-likeness (QED) is 0.693. The van der Waals surface area contributed by atoms with Gasteiger partial charge in [-0.15, -0.1) is 0 Å². The molecule has 7 nitrogen and oxygen atoms in total. The van der Waals surface area contributed by atoms with E-state index in [0.29, 0.717) is 13.0 Å². The number of nitrogens with two attached hydrogens (primary N) is 1. The van der Waals surface area contributed by atoms with Crippen LogP contribution in [0, 0.1) is 11.3 Å². The molecule has 1 fully saturated rings. The van der Waals surface area contributed by atoms with Gasteiger partial charge in [0.05, 0.1) is 5.41 Å². The van der Waals surface area contributed by atoms with Crippen LogP contribution in [-0.2, 0) is 9.59 Å². The summed E-state index contributed by atoms with van der Waals surface area (Å²) in [5.41, 5.74) is 4.37. The minimum absolute atomic E-state index is 0.0829. The van der Waals surface area contributed by atoms with Crippen molar-refractivity contribution in [2.45, 2.75) is 39.7 Å². The van der Waals surface area contributed by atoms with Crippen LogP contribution in [-0.4, -0.2) is 47.0 Å². The summed E-state index contributed by atoms with van der Waals surface area (Å²) in [6, 6.07) is -1.27. The molecular formula is C13H23N3O4. The second kappa shape index (κ2) is 6.11. The van der Waals surface area contributed by atoms with E-state index in [2.05, 4.69) is 5.32 Å². The smallest absolute Gasteiger partial charge is 0.326 e. The summed E-state index contributed by atoms with van der Waals surface area (Å²) in [6.45, 7) is 5.72. The van der Waals surface area contributed by atoms with Gasteiger partial charge in [0.1, 0.15) is 6.04 Å². The third-order valence-electron chi connectivity index (χ3n) is 3.76. The van der Waals surface area contributed by atoms with Gasteiger partial charge in [-0.1, -0.05) is 6.92 Å². The molecule has 0 bridgehead atoms. The van der Waals surface area contributed by atoms with Gasteiger partial charge < -0.3 is 21.1 Å². The summed E-state index contributed by atoms with van der Waals surface area (Å²) in [5.74, 6) is -1.23. The first-order chi connectivity index (χ1) is 9.15. The number of carbonyl (C=O) groups is 3. The molecule has 20 heavy (non-hydrogen) atoms. The number of nitrogens with one attached hydrogen (secondary N) is 1. The Kier molecular flexibility index (Phi) is 4.97.